The molecule has 1 aromatic rings. The van der Waals surface area contributed by atoms with Crippen LogP contribution in [0.1, 0.15) is 54.2 Å². The van der Waals surface area contributed by atoms with Crippen molar-refractivity contribution in [3.63, 3.8) is 0 Å². The van der Waals surface area contributed by atoms with Crippen molar-refractivity contribution in [2.24, 2.45) is 0 Å². The van der Waals surface area contributed by atoms with Gasteiger partial charge in [0.05, 0.1) is 27.4 Å². The third-order valence-electron chi connectivity index (χ3n) is 4.18. The Morgan fingerprint density at radius 3 is 2.14 bits per heavy atom. The second-order valence-electron chi connectivity index (χ2n) is 7.28. The molecule has 1 fully saturated rings. The standard InChI is InChI=1S/C17H24N4O8/c1-17(2,3)29-16(25)20-8-9(7-10(20)13(22)26-4)21-12(15(24)28-6)11(18-19-21)14(23)27-5/h9-10H,7-8H2,1-6H3/t9-,10+/m0/s1. The molecule has 1 aliphatic rings. The first-order valence-corrected chi connectivity index (χ1v) is 8.73. The number of nitrogens with zero attached hydrogens (tertiary/aromatic N) is 4. The molecule has 160 valence electrons. The number of ether oxygens (including phenoxy) is 4. The molecule has 1 aliphatic heterocycles. The molecule has 1 amide bonds. The molecule has 0 saturated carbocycles. The number of carbonyl (C=O) groups is 4. The monoisotopic (exact) mass is 412 g/mol. The Balaban J connectivity index is 2.42. The first-order chi connectivity index (χ1) is 13.5. The Bertz CT molecular complexity index is 813. The Morgan fingerprint density at radius 2 is 1.62 bits per heavy atom. The maximum atomic E-state index is 12.6. The summed E-state index contributed by atoms with van der Waals surface area (Å²) in [5, 5.41) is 7.56. The fourth-order valence-corrected chi connectivity index (χ4v) is 2.94. The van der Waals surface area contributed by atoms with Gasteiger partial charge in [0, 0.05) is 13.0 Å². The lowest BCUT2D eigenvalue weighted by Crippen LogP contribution is -2.43. The number of methoxy groups -OCH3 is 3. The second kappa shape index (κ2) is 8.45. The highest BCUT2D eigenvalue weighted by atomic mass is 16.6. The minimum Gasteiger partial charge on any atom is -0.467 e. The SMILES string of the molecule is COC(=O)c1nnn([C@H]2C[C@H](C(=O)OC)N(C(=O)OC(C)(C)C)C2)c1C(=O)OC. The number of esters is 3. The van der Waals surface area contributed by atoms with Crippen LogP contribution in [0.15, 0.2) is 0 Å². The van der Waals surface area contributed by atoms with Crippen molar-refractivity contribution in [2.45, 2.75) is 44.9 Å². The molecule has 0 aliphatic carbocycles. The first-order valence-electron chi connectivity index (χ1n) is 8.73. The van der Waals surface area contributed by atoms with Crippen molar-refractivity contribution in [3.05, 3.63) is 11.4 Å². The number of likely N-dealkylation sites (tertiary alicyclic amines) is 1. The molecule has 2 heterocycles. The van der Waals surface area contributed by atoms with E-state index >= 15 is 0 Å². The summed E-state index contributed by atoms with van der Waals surface area (Å²) in [6.45, 7) is 5.06. The van der Waals surface area contributed by atoms with Gasteiger partial charge in [0.15, 0.2) is 5.69 Å². The number of hydrogen-bond donors (Lipinski definition) is 0. The number of rotatable bonds is 4. The highest BCUT2D eigenvalue weighted by Gasteiger charge is 2.45. The zero-order valence-corrected chi connectivity index (χ0v) is 17.1. The molecular weight excluding hydrogens is 388 g/mol. The van der Waals surface area contributed by atoms with Gasteiger partial charge in [-0.25, -0.2) is 23.9 Å². The maximum absolute atomic E-state index is 12.6. The third kappa shape index (κ3) is 4.63. The molecule has 0 aromatic carbocycles. The van der Waals surface area contributed by atoms with E-state index in [9.17, 15) is 19.2 Å². The van der Waals surface area contributed by atoms with Crippen molar-refractivity contribution < 1.29 is 38.1 Å². The molecule has 2 atom stereocenters. The predicted octanol–water partition coefficient (Wildman–Crippen LogP) is 0.575. The summed E-state index contributed by atoms with van der Waals surface area (Å²) in [6, 6.07) is -1.62. The largest absolute Gasteiger partial charge is 0.467 e. The summed E-state index contributed by atoms with van der Waals surface area (Å²) in [7, 11) is 3.47. The summed E-state index contributed by atoms with van der Waals surface area (Å²) < 4.78 is 20.6. The average Bonchev–Trinajstić information content (AvgIpc) is 3.29. The Kier molecular flexibility index (Phi) is 6.44. The fourth-order valence-electron chi connectivity index (χ4n) is 2.94. The fraction of sp³-hybridized carbons (Fsp3) is 0.647. The van der Waals surface area contributed by atoms with Crippen LogP contribution in [0.4, 0.5) is 4.79 Å². The molecule has 2 rings (SSSR count). The highest BCUT2D eigenvalue weighted by molar-refractivity contribution is 6.00. The van der Waals surface area contributed by atoms with Gasteiger partial charge in [0.1, 0.15) is 11.6 Å². The molecule has 1 aromatic heterocycles. The second-order valence-corrected chi connectivity index (χ2v) is 7.28. The number of carbonyl (C=O) groups excluding carboxylic acids is 4. The Morgan fingerprint density at radius 1 is 1.00 bits per heavy atom. The minimum absolute atomic E-state index is 0.0252. The van der Waals surface area contributed by atoms with Crippen molar-refractivity contribution in [1.29, 1.82) is 0 Å². The van der Waals surface area contributed by atoms with Crippen molar-refractivity contribution >= 4 is 24.0 Å². The van der Waals surface area contributed by atoms with Crippen LogP contribution in [0.3, 0.4) is 0 Å². The van der Waals surface area contributed by atoms with Crippen LogP contribution < -0.4 is 0 Å². The molecule has 0 N–H and O–H groups in total. The lowest BCUT2D eigenvalue weighted by atomic mass is 10.1. The topological polar surface area (TPSA) is 139 Å². The molecule has 12 nitrogen and oxygen atoms in total. The van der Waals surface area contributed by atoms with Crippen LogP contribution in [0.2, 0.25) is 0 Å². The zero-order chi connectivity index (χ0) is 21.9. The summed E-state index contributed by atoms with van der Waals surface area (Å²) in [4.78, 5) is 50.2. The van der Waals surface area contributed by atoms with Crippen LogP contribution in [0.5, 0.6) is 0 Å². The van der Waals surface area contributed by atoms with E-state index in [1.807, 2.05) is 0 Å². The van der Waals surface area contributed by atoms with Gasteiger partial charge < -0.3 is 18.9 Å². The van der Waals surface area contributed by atoms with E-state index in [4.69, 9.17) is 14.2 Å². The van der Waals surface area contributed by atoms with Crippen molar-refractivity contribution in [3.8, 4) is 0 Å². The van der Waals surface area contributed by atoms with Gasteiger partial charge in [-0.1, -0.05) is 5.21 Å². The summed E-state index contributed by atoms with van der Waals surface area (Å²) in [5.74, 6) is -2.38. The highest BCUT2D eigenvalue weighted by Crippen LogP contribution is 2.31. The van der Waals surface area contributed by atoms with Gasteiger partial charge in [-0.2, -0.15) is 0 Å². The normalized spacial score (nSPS) is 18.9. The van der Waals surface area contributed by atoms with E-state index < -0.39 is 41.7 Å². The van der Waals surface area contributed by atoms with Gasteiger partial charge in [0.2, 0.25) is 5.69 Å². The van der Waals surface area contributed by atoms with E-state index in [0.717, 1.165) is 18.9 Å². The number of amides is 1. The molecule has 0 bridgehead atoms. The lowest BCUT2D eigenvalue weighted by molar-refractivity contribution is -0.145. The third-order valence-corrected chi connectivity index (χ3v) is 4.18. The van der Waals surface area contributed by atoms with Gasteiger partial charge in [-0.15, -0.1) is 5.10 Å². The van der Waals surface area contributed by atoms with E-state index in [1.54, 1.807) is 20.8 Å². The van der Waals surface area contributed by atoms with E-state index in [-0.39, 0.29) is 24.4 Å². The predicted molar refractivity (Wildman–Crippen MR) is 95.1 cm³/mol. The van der Waals surface area contributed by atoms with E-state index in [0.29, 0.717) is 0 Å². The number of aromatic nitrogens is 3. The Labute approximate surface area is 167 Å². The van der Waals surface area contributed by atoms with Gasteiger partial charge in [-0.3, -0.25) is 4.90 Å². The summed E-state index contributed by atoms with van der Waals surface area (Å²) in [5.41, 5.74) is -1.35. The van der Waals surface area contributed by atoms with Gasteiger partial charge in [0.25, 0.3) is 0 Å². The zero-order valence-electron chi connectivity index (χ0n) is 17.1. The lowest BCUT2D eigenvalue weighted by Gasteiger charge is -2.27. The molecule has 0 unspecified atom stereocenters. The smallest absolute Gasteiger partial charge is 0.411 e. The van der Waals surface area contributed by atoms with Crippen LogP contribution in [-0.2, 0) is 23.7 Å². The molecule has 12 heteroatoms. The Hall–Kier alpha value is -3.18. The van der Waals surface area contributed by atoms with Crippen LogP contribution in [0, 0.1) is 0 Å². The van der Waals surface area contributed by atoms with Crippen LogP contribution in [-0.4, -0.2) is 83.4 Å². The number of hydrogen-bond acceptors (Lipinski definition) is 10. The van der Waals surface area contributed by atoms with E-state index in [1.165, 1.54) is 12.0 Å². The molecule has 29 heavy (non-hydrogen) atoms. The average molecular weight is 412 g/mol. The van der Waals surface area contributed by atoms with E-state index in [2.05, 4.69) is 15.0 Å². The quantitative estimate of drug-likeness (QED) is 0.509. The molecular formula is C17H24N4O8. The molecule has 1 saturated heterocycles. The van der Waals surface area contributed by atoms with Crippen LogP contribution in [0.25, 0.3) is 0 Å². The van der Waals surface area contributed by atoms with Gasteiger partial charge in [-0.05, 0) is 20.8 Å². The minimum atomic E-state index is -0.962. The molecule has 0 spiro atoms. The van der Waals surface area contributed by atoms with Gasteiger partial charge >= 0.3 is 24.0 Å². The van der Waals surface area contributed by atoms with Crippen molar-refractivity contribution in [1.82, 2.24) is 19.9 Å². The first kappa shape index (κ1) is 22.1. The van der Waals surface area contributed by atoms with Crippen molar-refractivity contribution in [2.75, 3.05) is 27.9 Å². The maximum Gasteiger partial charge on any atom is 0.411 e. The summed E-state index contributed by atoms with van der Waals surface area (Å²) in [6.07, 6.45) is -0.650. The molecule has 0 radical (unpaired) electrons. The van der Waals surface area contributed by atoms with Crippen LogP contribution >= 0.6 is 0 Å². The summed E-state index contributed by atoms with van der Waals surface area (Å²) >= 11 is 0.